The number of nitrogens with one attached hydrogen (secondary N) is 1. The fraction of sp³-hybridized carbons (Fsp3) is 0.542. The number of pyridine rings is 1. The molecule has 3 heterocycles. The third-order valence-electron chi connectivity index (χ3n) is 6.25. The van der Waals surface area contributed by atoms with Gasteiger partial charge >= 0.3 is 0 Å². The van der Waals surface area contributed by atoms with Crippen LogP contribution in [0.1, 0.15) is 24.7 Å². The van der Waals surface area contributed by atoms with Crippen LogP contribution in [0.2, 0.25) is 0 Å². The van der Waals surface area contributed by atoms with Gasteiger partial charge in [-0.1, -0.05) is 5.16 Å². The van der Waals surface area contributed by atoms with E-state index in [9.17, 15) is 4.39 Å². The van der Waals surface area contributed by atoms with Gasteiger partial charge in [0.1, 0.15) is 23.8 Å². The number of rotatable bonds is 11. The molecule has 0 radical (unpaired) electrons. The fourth-order valence-electron chi connectivity index (χ4n) is 4.13. The summed E-state index contributed by atoms with van der Waals surface area (Å²) in [6, 6.07) is 2.78. The van der Waals surface area contributed by atoms with Crippen molar-refractivity contribution in [3.63, 3.8) is 0 Å². The average molecular weight is 476 g/mol. The van der Waals surface area contributed by atoms with E-state index in [0.717, 1.165) is 25.3 Å². The summed E-state index contributed by atoms with van der Waals surface area (Å²) in [7, 11) is 1.49. The Morgan fingerprint density at radius 3 is 2.65 bits per heavy atom. The maximum Gasteiger partial charge on any atom is 0.261 e. The van der Waals surface area contributed by atoms with E-state index in [1.165, 1.54) is 13.2 Å². The molecular formula is C24H31F2N5O3. The number of halogens is 2. The zero-order valence-corrected chi connectivity index (χ0v) is 20.0. The second-order valence-corrected chi connectivity index (χ2v) is 8.62. The smallest absolute Gasteiger partial charge is 0.261 e. The van der Waals surface area contributed by atoms with Crippen LogP contribution in [-0.2, 0) is 4.74 Å². The van der Waals surface area contributed by atoms with Crippen molar-refractivity contribution < 1.29 is 22.8 Å². The first-order valence-electron chi connectivity index (χ1n) is 11.6. The number of hydrogen-bond donors (Lipinski definition) is 1. The van der Waals surface area contributed by atoms with Crippen molar-refractivity contribution in [2.45, 2.75) is 33.2 Å². The van der Waals surface area contributed by atoms with E-state index >= 15 is 4.39 Å². The van der Waals surface area contributed by atoms with Crippen LogP contribution < -0.4 is 15.0 Å². The minimum absolute atomic E-state index is 0.233. The van der Waals surface area contributed by atoms with Crippen molar-refractivity contribution in [2.75, 3.05) is 51.5 Å². The molecule has 0 spiro atoms. The van der Waals surface area contributed by atoms with Crippen LogP contribution in [0.5, 0.6) is 5.75 Å². The molecule has 8 nitrogen and oxygen atoms in total. The maximum absolute atomic E-state index is 15.0. The third-order valence-corrected chi connectivity index (χ3v) is 6.25. The van der Waals surface area contributed by atoms with Crippen LogP contribution >= 0.6 is 0 Å². The number of alkyl halides is 1. The number of benzene rings is 1. The van der Waals surface area contributed by atoms with E-state index in [1.54, 1.807) is 13.0 Å². The van der Waals surface area contributed by atoms with Gasteiger partial charge in [0.25, 0.3) is 5.89 Å². The summed E-state index contributed by atoms with van der Waals surface area (Å²) in [6.07, 6.45) is 0.560. The molecule has 1 aliphatic heterocycles. The van der Waals surface area contributed by atoms with E-state index in [0.29, 0.717) is 59.7 Å². The van der Waals surface area contributed by atoms with E-state index < -0.39 is 12.5 Å². The highest BCUT2D eigenvalue weighted by molar-refractivity contribution is 5.93. The van der Waals surface area contributed by atoms with Crippen LogP contribution in [-0.4, -0.2) is 67.8 Å². The lowest BCUT2D eigenvalue weighted by atomic mass is 10.0. The number of ether oxygens (including phenoxy) is 2. The molecule has 2 aromatic heterocycles. The van der Waals surface area contributed by atoms with Gasteiger partial charge in [0.15, 0.2) is 11.6 Å². The Kier molecular flexibility index (Phi) is 7.57. The highest BCUT2D eigenvalue weighted by atomic mass is 19.1. The Morgan fingerprint density at radius 1 is 1.26 bits per heavy atom. The summed E-state index contributed by atoms with van der Waals surface area (Å²) in [6.45, 7) is 8.40. The molecule has 1 aromatic carbocycles. The molecule has 0 bridgehead atoms. The van der Waals surface area contributed by atoms with Gasteiger partial charge in [0.05, 0.1) is 25.9 Å². The molecule has 0 amide bonds. The molecular weight excluding hydrogens is 444 g/mol. The van der Waals surface area contributed by atoms with Gasteiger partial charge < -0.3 is 24.2 Å². The second-order valence-electron chi connectivity index (χ2n) is 8.62. The molecule has 1 N–H and O–H groups in total. The monoisotopic (exact) mass is 475 g/mol. The summed E-state index contributed by atoms with van der Waals surface area (Å²) < 4.78 is 44.7. The largest absolute Gasteiger partial charge is 0.497 e. The second kappa shape index (κ2) is 10.6. The Balaban J connectivity index is 1.70. The molecule has 1 saturated heterocycles. The van der Waals surface area contributed by atoms with Gasteiger partial charge in [-0.3, -0.25) is 0 Å². The number of aromatic nitrogens is 3. The van der Waals surface area contributed by atoms with Gasteiger partial charge in [-0.25, -0.2) is 13.8 Å². The normalized spacial score (nSPS) is 14.9. The van der Waals surface area contributed by atoms with Crippen LogP contribution in [0, 0.1) is 25.6 Å². The van der Waals surface area contributed by atoms with Crippen molar-refractivity contribution in [3.05, 3.63) is 29.3 Å². The van der Waals surface area contributed by atoms with Crippen molar-refractivity contribution in [1.29, 1.82) is 0 Å². The van der Waals surface area contributed by atoms with Crippen molar-refractivity contribution in [1.82, 2.24) is 20.4 Å². The van der Waals surface area contributed by atoms with Crippen LogP contribution in [0.25, 0.3) is 22.4 Å². The molecule has 184 valence electrons. The van der Waals surface area contributed by atoms with Crippen LogP contribution in [0.4, 0.5) is 14.6 Å². The standard InChI is InChI=1S/C24H31F2N5O3/c1-5-31(7-6-17(10-25)27-11-16-12-33-13-16)23-21(24-28-15(3)30-34-24)14(2)19-8-18(32-4)9-20(26)22(19)29-23/h8-9,16-17,27H,5-7,10-13H2,1-4H3. The molecule has 1 aliphatic rings. The average Bonchev–Trinajstić information content (AvgIpc) is 3.23. The first-order valence-corrected chi connectivity index (χ1v) is 11.6. The minimum atomic E-state index is -0.478. The van der Waals surface area contributed by atoms with E-state index in [2.05, 4.69) is 15.5 Å². The number of hydrogen-bond acceptors (Lipinski definition) is 8. The Labute approximate surface area is 197 Å². The van der Waals surface area contributed by atoms with E-state index in [4.69, 9.17) is 19.0 Å². The number of aryl methyl sites for hydroxylation is 2. The lowest BCUT2D eigenvalue weighted by Crippen LogP contribution is -2.43. The van der Waals surface area contributed by atoms with E-state index in [1.807, 2.05) is 18.7 Å². The summed E-state index contributed by atoms with van der Waals surface area (Å²) >= 11 is 0. The zero-order chi connectivity index (χ0) is 24.2. The molecule has 34 heavy (non-hydrogen) atoms. The summed E-state index contributed by atoms with van der Waals surface area (Å²) in [4.78, 5) is 11.1. The summed E-state index contributed by atoms with van der Waals surface area (Å²) in [5, 5.41) is 7.84. The lowest BCUT2D eigenvalue weighted by Gasteiger charge is -2.30. The minimum Gasteiger partial charge on any atom is -0.497 e. The molecule has 1 atom stereocenters. The molecule has 10 heteroatoms. The fourth-order valence-corrected chi connectivity index (χ4v) is 4.13. The van der Waals surface area contributed by atoms with Crippen molar-refractivity contribution >= 4 is 16.7 Å². The molecule has 1 fully saturated rings. The van der Waals surface area contributed by atoms with Gasteiger partial charge in [-0.05, 0) is 38.8 Å². The SMILES string of the molecule is CCN(CCC(CF)NCC1COC1)c1nc2c(F)cc(OC)cc2c(C)c1-c1nc(C)no1. The van der Waals surface area contributed by atoms with Gasteiger partial charge in [0.2, 0.25) is 0 Å². The zero-order valence-electron chi connectivity index (χ0n) is 20.0. The maximum atomic E-state index is 15.0. The highest BCUT2D eigenvalue weighted by Crippen LogP contribution is 2.38. The quantitative estimate of drug-likeness (QED) is 0.448. The number of fused-ring (bicyclic) bond motifs is 1. The molecule has 3 aromatic rings. The number of nitrogens with zero attached hydrogens (tertiary/aromatic N) is 4. The van der Waals surface area contributed by atoms with Crippen molar-refractivity contribution in [2.24, 2.45) is 5.92 Å². The Morgan fingerprint density at radius 2 is 2.06 bits per heavy atom. The number of methoxy groups -OCH3 is 1. The molecule has 0 aliphatic carbocycles. The topological polar surface area (TPSA) is 85.5 Å². The third kappa shape index (κ3) is 4.97. The van der Waals surface area contributed by atoms with E-state index in [-0.39, 0.29) is 11.6 Å². The summed E-state index contributed by atoms with van der Waals surface area (Å²) in [5.41, 5.74) is 1.63. The molecule has 0 saturated carbocycles. The summed E-state index contributed by atoms with van der Waals surface area (Å²) in [5.74, 6) is 1.69. The Hall–Kier alpha value is -2.85. The lowest BCUT2D eigenvalue weighted by molar-refractivity contribution is -0.0320. The van der Waals surface area contributed by atoms with Gasteiger partial charge in [-0.15, -0.1) is 0 Å². The Bertz CT molecular complexity index is 1140. The highest BCUT2D eigenvalue weighted by Gasteiger charge is 2.25. The van der Waals surface area contributed by atoms with Gasteiger partial charge in [0, 0.05) is 43.0 Å². The molecule has 1 unspecified atom stereocenters. The predicted octanol–water partition coefficient (Wildman–Crippen LogP) is 3.84. The van der Waals surface area contributed by atoms with Crippen LogP contribution in [0.15, 0.2) is 16.7 Å². The predicted molar refractivity (Wildman–Crippen MR) is 126 cm³/mol. The van der Waals surface area contributed by atoms with Crippen LogP contribution in [0.3, 0.4) is 0 Å². The van der Waals surface area contributed by atoms with Crippen molar-refractivity contribution in [3.8, 4) is 17.2 Å². The molecule has 4 rings (SSSR count). The van der Waals surface area contributed by atoms with Gasteiger partial charge in [-0.2, -0.15) is 4.98 Å². The first-order chi connectivity index (χ1) is 16.4. The number of anilines is 1. The first kappa shape index (κ1) is 24.3.